The molecule has 0 fully saturated rings. The van der Waals surface area contributed by atoms with Crippen LogP contribution in [0.25, 0.3) is 11.1 Å². The Labute approximate surface area is 109 Å². The zero-order valence-electron chi connectivity index (χ0n) is 8.81. The minimum Gasteiger partial charge on any atom is -0.326 e. The van der Waals surface area contributed by atoms with Gasteiger partial charge in [0.25, 0.3) is 0 Å². The van der Waals surface area contributed by atoms with Crippen molar-refractivity contribution in [2.75, 3.05) is 0 Å². The molecule has 0 saturated heterocycles. The van der Waals surface area contributed by atoms with Crippen LogP contribution < -0.4 is 5.73 Å². The Bertz CT molecular complexity index is 555. The minimum atomic E-state index is -0.508. The molecule has 0 atom stereocenters. The SMILES string of the molecule is NCc1[c]c(Cl)c(F)c(-c2cccc(Cl)c2)c1. The van der Waals surface area contributed by atoms with Crippen molar-refractivity contribution in [1.82, 2.24) is 0 Å². The molecule has 2 N–H and O–H groups in total. The van der Waals surface area contributed by atoms with Crippen LogP contribution in [0, 0.1) is 11.9 Å². The molecule has 2 aromatic carbocycles. The van der Waals surface area contributed by atoms with E-state index in [2.05, 4.69) is 6.07 Å². The Morgan fingerprint density at radius 2 is 2.00 bits per heavy atom. The third-order valence-corrected chi connectivity index (χ3v) is 2.87. The molecule has 0 bridgehead atoms. The Kier molecular flexibility index (Phi) is 3.67. The molecule has 0 aliphatic carbocycles. The summed E-state index contributed by atoms with van der Waals surface area (Å²) in [5.41, 5.74) is 7.22. The van der Waals surface area contributed by atoms with Crippen LogP contribution >= 0.6 is 23.2 Å². The van der Waals surface area contributed by atoms with Gasteiger partial charge < -0.3 is 5.73 Å². The van der Waals surface area contributed by atoms with Crippen molar-refractivity contribution in [3.8, 4) is 11.1 Å². The van der Waals surface area contributed by atoms with Gasteiger partial charge in [0.2, 0.25) is 0 Å². The quantitative estimate of drug-likeness (QED) is 0.874. The molecule has 0 aliphatic rings. The van der Waals surface area contributed by atoms with Gasteiger partial charge in [0.15, 0.2) is 0 Å². The Hall–Kier alpha value is -1.09. The van der Waals surface area contributed by atoms with Gasteiger partial charge in [0.05, 0.1) is 5.02 Å². The molecule has 0 amide bonds. The number of halogens is 3. The average molecular weight is 269 g/mol. The van der Waals surface area contributed by atoms with Crippen molar-refractivity contribution < 1.29 is 4.39 Å². The van der Waals surface area contributed by atoms with Gasteiger partial charge in [-0.2, -0.15) is 0 Å². The number of hydrogen-bond acceptors (Lipinski definition) is 1. The molecule has 0 spiro atoms. The molecule has 2 aromatic rings. The molecule has 1 nitrogen and oxygen atoms in total. The van der Waals surface area contributed by atoms with Crippen molar-refractivity contribution >= 4 is 23.2 Å². The van der Waals surface area contributed by atoms with Gasteiger partial charge in [0.1, 0.15) is 5.82 Å². The monoisotopic (exact) mass is 268 g/mol. The summed E-state index contributed by atoms with van der Waals surface area (Å²) in [5, 5.41) is 0.489. The van der Waals surface area contributed by atoms with Crippen LogP contribution in [0.4, 0.5) is 4.39 Å². The largest absolute Gasteiger partial charge is 0.326 e. The van der Waals surface area contributed by atoms with Gasteiger partial charge >= 0.3 is 0 Å². The lowest BCUT2D eigenvalue weighted by molar-refractivity contribution is 0.630. The predicted octanol–water partition coefficient (Wildman–Crippen LogP) is 4.06. The van der Waals surface area contributed by atoms with Gasteiger partial charge in [-0.15, -0.1) is 0 Å². The topological polar surface area (TPSA) is 26.0 Å². The maximum Gasteiger partial charge on any atom is 0.150 e. The second kappa shape index (κ2) is 5.05. The highest BCUT2D eigenvalue weighted by molar-refractivity contribution is 6.31. The van der Waals surface area contributed by atoms with Crippen LogP contribution in [0.1, 0.15) is 5.56 Å². The first-order valence-electron chi connectivity index (χ1n) is 4.98. The summed E-state index contributed by atoms with van der Waals surface area (Å²) in [5.74, 6) is -0.508. The maximum atomic E-state index is 13.9. The predicted molar refractivity (Wildman–Crippen MR) is 68.6 cm³/mol. The highest BCUT2D eigenvalue weighted by Gasteiger charge is 2.11. The van der Waals surface area contributed by atoms with Crippen LogP contribution in [-0.2, 0) is 6.54 Å². The first-order valence-corrected chi connectivity index (χ1v) is 5.73. The van der Waals surface area contributed by atoms with E-state index in [1.165, 1.54) is 0 Å². The van der Waals surface area contributed by atoms with Crippen LogP contribution in [-0.4, -0.2) is 0 Å². The number of rotatable bonds is 2. The molecule has 17 heavy (non-hydrogen) atoms. The lowest BCUT2D eigenvalue weighted by Crippen LogP contribution is -1.98. The van der Waals surface area contributed by atoms with E-state index in [9.17, 15) is 4.39 Å². The van der Waals surface area contributed by atoms with Crippen LogP contribution in [0.15, 0.2) is 30.3 Å². The fraction of sp³-hybridized carbons (Fsp3) is 0.0769. The molecule has 0 heterocycles. The normalized spacial score (nSPS) is 10.6. The Morgan fingerprint density at radius 3 is 2.65 bits per heavy atom. The standard InChI is InChI=1S/C13H9Cl2FN/c14-10-3-1-2-9(6-10)11-4-8(7-17)5-12(15)13(11)16/h1-4,6H,7,17H2. The summed E-state index contributed by atoms with van der Waals surface area (Å²) in [7, 11) is 0. The molecule has 0 aliphatic heterocycles. The number of nitrogens with two attached hydrogens (primary N) is 1. The van der Waals surface area contributed by atoms with Crippen molar-refractivity contribution in [3.63, 3.8) is 0 Å². The summed E-state index contributed by atoms with van der Waals surface area (Å²) in [4.78, 5) is 0. The molecule has 4 heteroatoms. The summed E-state index contributed by atoms with van der Waals surface area (Å²) in [6.45, 7) is 0.258. The summed E-state index contributed by atoms with van der Waals surface area (Å²) in [6.07, 6.45) is 0. The van der Waals surface area contributed by atoms with Crippen molar-refractivity contribution in [1.29, 1.82) is 0 Å². The Balaban J connectivity index is 2.62. The van der Waals surface area contributed by atoms with Crippen LogP contribution in [0.2, 0.25) is 10.0 Å². The number of benzene rings is 2. The van der Waals surface area contributed by atoms with E-state index < -0.39 is 5.82 Å². The first-order chi connectivity index (χ1) is 8.11. The zero-order valence-corrected chi connectivity index (χ0v) is 10.3. The summed E-state index contributed by atoms with van der Waals surface area (Å²) in [6, 6.07) is 11.2. The lowest BCUT2D eigenvalue weighted by atomic mass is 10.0. The van der Waals surface area contributed by atoms with E-state index >= 15 is 0 Å². The van der Waals surface area contributed by atoms with Gasteiger partial charge in [-0.1, -0.05) is 35.3 Å². The zero-order chi connectivity index (χ0) is 12.4. The molecular formula is C13H9Cl2FN. The van der Waals surface area contributed by atoms with E-state index in [4.69, 9.17) is 28.9 Å². The van der Waals surface area contributed by atoms with E-state index in [0.29, 0.717) is 21.7 Å². The van der Waals surface area contributed by atoms with E-state index in [1.54, 1.807) is 30.3 Å². The lowest BCUT2D eigenvalue weighted by Gasteiger charge is -2.08. The summed E-state index contributed by atoms with van der Waals surface area (Å²) < 4.78 is 13.9. The van der Waals surface area contributed by atoms with E-state index in [1.807, 2.05) is 0 Å². The average Bonchev–Trinajstić information content (AvgIpc) is 2.32. The highest BCUT2D eigenvalue weighted by atomic mass is 35.5. The first kappa shape index (κ1) is 12.4. The fourth-order valence-electron chi connectivity index (χ4n) is 1.56. The van der Waals surface area contributed by atoms with Gasteiger partial charge in [0, 0.05) is 23.2 Å². The molecule has 1 radical (unpaired) electrons. The van der Waals surface area contributed by atoms with Crippen LogP contribution in [0.3, 0.4) is 0 Å². The van der Waals surface area contributed by atoms with E-state index in [-0.39, 0.29) is 11.6 Å². The fourth-order valence-corrected chi connectivity index (χ4v) is 1.98. The number of hydrogen-bond donors (Lipinski definition) is 1. The second-order valence-electron chi connectivity index (χ2n) is 3.55. The van der Waals surface area contributed by atoms with Gasteiger partial charge in [-0.05, 0) is 29.3 Å². The van der Waals surface area contributed by atoms with E-state index in [0.717, 1.165) is 0 Å². The second-order valence-corrected chi connectivity index (χ2v) is 4.37. The van der Waals surface area contributed by atoms with Crippen molar-refractivity contribution in [2.45, 2.75) is 6.54 Å². The third-order valence-electron chi connectivity index (χ3n) is 2.37. The molecule has 2 rings (SSSR count). The molecular weight excluding hydrogens is 260 g/mol. The third kappa shape index (κ3) is 2.60. The molecule has 0 aromatic heterocycles. The van der Waals surface area contributed by atoms with Gasteiger partial charge in [-0.3, -0.25) is 0 Å². The molecule has 87 valence electrons. The highest BCUT2D eigenvalue weighted by Crippen LogP contribution is 2.30. The maximum absolute atomic E-state index is 13.9. The van der Waals surface area contributed by atoms with Crippen molar-refractivity contribution in [3.05, 3.63) is 57.8 Å². The Morgan fingerprint density at radius 1 is 1.24 bits per heavy atom. The summed E-state index contributed by atoms with van der Waals surface area (Å²) >= 11 is 11.6. The van der Waals surface area contributed by atoms with Gasteiger partial charge in [-0.25, -0.2) is 4.39 Å². The minimum absolute atomic E-state index is 0.0528. The molecule has 0 saturated carbocycles. The van der Waals surface area contributed by atoms with Crippen molar-refractivity contribution in [2.24, 2.45) is 5.73 Å². The smallest absolute Gasteiger partial charge is 0.150 e. The van der Waals surface area contributed by atoms with Crippen LogP contribution in [0.5, 0.6) is 0 Å². The molecule has 0 unspecified atom stereocenters.